The van der Waals surface area contributed by atoms with Crippen LogP contribution in [0.2, 0.25) is 0 Å². The smallest absolute Gasteiger partial charge is 0.176 e. The first-order valence-electron chi connectivity index (χ1n) is 4.67. The Bertz CT molecular complexity index is 361. The van der Waals surface area contributed by atoms with Crippen LogP contribution in [0, 0.1) is 0 Å². The SMILES string of the molecule is CC(C)SCC(=O)c1ccc(O)cc1O. The maximum atomic E-state index is 11.6. The molecule has 0 heterocycles. The Morgan fingerprint density at radius 3 is 2.60 bits per heavy atom. The molecule has 4 heteroatoms. The van der Waals surface area contributed by atoms with E-state index < -0.39 is 0 Å². The van der Waals surface area contributed by atoms with Crippen LogP contribution in [0.15, 0.2) is 18.2 Å². The van der Waals surface area contributed by atoms with Crippen LogP contribution in [-0.2, 0) is 0 Å². The van der Waals surface area contributed by atoms with E-state index in [4.69, 9.17) is 5.11 Å². The van der Waals surface area contributed by atoms with Gasteiger partial charge in [-0.15, -0.1) is 0 Å². The highest BCUT2D eigenvalue weighted by molar-refractivity contribution is 8.00. The number of ketones is 1. The molecule has 0 saturated heterocycles. The summed E-state index contributed by atoms with van der Waals surface area (Å²) < 4.78 is 0. The van der Waals surface area contributed by atoms with Gasteiger partial charge in [-0.25, -0.2) is 0 Å². The van der Waals surface area contributed by atoms with E-state index in [-0.39, 0.29) is 22.8 Å². The molecule has 82 valence electrons. The number of hydrogen-bond acceptors (Lipinski definition) is 4. The van der Waals surface area contributed by atoms with E-state index in [0.29, 0.717) is 11.0 Å². The summed E-state index contributed by atoms with van der Waals surface area (Å²) in [5.74, 6) is 0.0202. The molecule has 1 aromatic rings. The van der Waals surface area contributed by atoms with Gasteiger partial charge in [-0.1, -0.05) is 13.8 Å². The Morgan fingerprint density at radius 2 is 2.07 bits per heavy atom. The molecule has 0 fully saturated rings. The van der Waals surface area contributed by atoms with Crippen LogP contribution in [0.3, 0.4) is 0 Å². The van der Waals surface area contributed by atoms with Crippen molar-refractivity contribution in [3.8, 4) is 11.5 Å². The zero-order valence-corrected chi connectivity index (χ0v) is 9.54. The Morgan fingerprint density at radius 1 is 1.40 bits per heavy atom. The average Bonchev–Trinajstić information content (AvgIpc) is 2.14. The topological polar surface area (TPSA) is 57.5 Å². The molecule has 0 spiro atoms. The second-order valence-electron chi connectivity index (χ2n) is 3.48. The summed E-state index contributed by atoms with van der Waals surface area (Å²) in [6.07, 6.45) is 0. The number of benzene rings is 1. The van der Waals surface area contributed by atoms with Crippen molar-refractivity contribution in [3.63, 3.8) is 0 Å². The van der Waals surface area contributed by atoms with Crippen LogP contribution in [-0.4, -0.2) is 27.0 Å². The number of phenolic OH excluding ortho intramolecular Hbond substituents is 2. The van der Waals surface area contributed by atoms with Gasteiger partial charge in [0.25, 0.3) is 0 Å². The third-order valence-electron chi connectivity index (χ3n) is 1.83. The van der Waals surface area contributed by atoms with Crippen molar-refractivity contribution < 1.29 is 15.0 Å². The molecule has 0 aromatic heterocycles. The quantitative estimate of drug-likeness (QED) is 0.774. The number of phenols is 2. The summed E-state index contributed by atoms with van der Waals surface area (Å²) in [5.41, 5.74) is 0.265. The Labute approximate surface area is 93.1 Å². The second-order valence-corrected chi connectivity index (χ2v) is 5.05. The molecule has 0 aliphatic carbocycles. The molecule has 1 aromatic carbocycles. The minimum absolute atomic E-state index is 0.0411. The molecule has 3 nitrogen and oxygen atoms in total. The predicted octanol–water partition coefficient (Wildman–Crippen LogP) is 2.42. The summed E-state index contributed by atoms with van der Waals surface area (Å²) in [4.78, 5) is 11.6. The fourth-order valence-electron chi connectivity index (χ4n) is 1.08. The Kier molecular flexibility index (Phi) is 4.03. The molecule has 0 atom stereocenters. The monoisotopic (exact) mass is 226 g/mol. The number of aromatic hydroxyl groups is 2. The van der Waals surface area contributed by atoms with Crippen molar-refractivity contribution in [2.75, 3.05) is 5.75 Å². The minimum atomic E-state index is -0.163. The molecular formula is C11H14O3S. The molecule has 0 aliphatic rings. The largest absolute Gasteiger partial charge is 0.508 e. The highest BCUT2D eigenvalue weighted by atomic mass is 32.2. The molecule has 0 saturated carbocycles. The van der Waals surface area contributed by atoms with Gasteiger partial charge in [-0.05, 0) is 17.4 Å². The average molecular weight is 226 g/mol. The van der Waals surface area contributed by atoms with Crippen molar-refractivity contribution in [3.05, 3.63) is 23.8 Å². The number of Topliss-reactive ketones (excluding diaryl/α,β-unsaturated/α-hetero) is 1. The van der Waals surface area contributed by atoms with Gasteiger partial charge in [0, 0.05) is 6.07 Å². The van der Waals surface area contributed by atoms with E-state index in [2.05, 4.69) is 0 Å². The third kappa shape index (κ3) is 3.47. The first-order chi connectivity index (χ1) is 7.00. The normalized spacial score (nSPS) is 10.6. The molecule has 0 unspecified atom stereocenters. The standard InChI is InChI=1S/C11H14O3S/c1-7(2)15-6-11(14)9-4-3-8(12)5-10(9)13/h3-5,7,12-13H,6H2,1-2H3. The van der Waals surface area contributed by atoms with Crippen molar-refractivity contribution >= 4 is 17.5 Å². The maximum Gasteiger partial charge on any atom is 0.176 e. The van der Waals surface area contributed by atoms with Crippen LogP contribution in [0.4, 0.5) is 0 Å². The van der Waals surface area contributed by atoms with Gasteiger partial charge >= 0.3 is 0 Å². The fourth-order valence-corrected chi connectivity index (χ4v) is 1.72. The van der Waals surface area contributed by atoms with E-state index in [1.165, 1.54) is 30.0 Å². The highest BCUT2D eigenvalue weighted by Crippen LogP contribution is 2.24. The molecule has 0 radical (unpaired) electrons. The summed E-state index contributed by atoms with van der Waals surface area (Å²) in [5, 5.41) is 18.9. The van der Waals surface area contributed by atoms with Crippen molar-refractivity contribution in [2.24, 2.45) is 0 Å². The number of carbonyl (C=O) groups excluding carboxylic acids is 1. The molecule has 0 aliphatic heterocycles. The summed E-state index contributed by atoms with van der Waals surface area (Å²) >= 11 is 1.52. The van der Waals surface area contributed by atoms with Gasteiger partial charge in [0.1, 0.15) is 11.5 Å². The molecule has 2 N–H and O–H groups in total. The lowest BCUT2D eigenvalue weighted by Crippen LogP contribution is -2.05. The first-order valence-corrected chi connectivity index (χ1v) is 5.72. The van der Waals surface area contributed by atoms with Crippen LogP contribution < -0.4 is 0 Å². The van der Waals surface area contributed by atoms with Gasteiger partial charge in [0.2, 0.25) is 0 Å². The van der Waals surface area contributed by atoms with Crippen LogP contribution in [0.1, 0.15) is 24.2 Å². The van der Waals surface area contributed by atoms with Crippen LogP contribution in [0.5, 0.6) is 11.5 Å². The lowest BCUT2D eigenvalue weighted by atomic mass is 10.1. The lowest BCUT2D eigenvalue weighted by Gasteiger charge is -2.06. The first kappa shape index (κ1) is 11.9. The zero-order chi connectivity index (χ0) is 11.4. The molecule has 0 bridgehead atoms. The maximum absolute atomic E-state index is 11.6. The van der Waals surface area contributed by atoms with E-state index >= 15 is 0 Å². The second kappa shape index (κ2) is 5.07. The van der Waals surface area contributed by atoms with E-state index in [1.807, 2.05) is 13.8 Å². The van der Waals surface area contributed by atoms with Crippen LogP contribution in [0.25, 0.3) is 0 Å². The minimum Gasteiger partial charge on any atom is -0.508 e. The van der Waals surface area contributed by atoms with Gasteiger partial charge < -0.3 is 10.2 Å². The lowest BCUT2D eigenvalue weighted by molar-refractivity contribution is 0.102. The summed E-state index contributed by atoms with van der Waals surface area (Å²) in [6.45, 7) is 4.02. The van der Waals surface area contributed by atoms with Gasteiger partial charge in [-0.3, -0.25) is 4.79 Å². The fraction of sp³-hybridized carbons (Fsp3) is 0.364. The van der Waals surface area contributed by atoms with Gasteiger partial charge in [0.15, 0.2) is 5.78 Å². The number of carbonyl (C=O) groups is 1. The number of rotatable bonds is 4. The Balaban J connectivity index is 2.74. The van der Waals surface area contributed by atoms with Crippen LogP contribution >= 0.6 is 11.8 Å². The summed E-state index contributed by atoms with van der Waals surface area (Å²) in [7, 11) is 0. The van der Waals surface area contributed by atoms with Gasteiger partial charge in [-0.2, -0.15) is 11.8 Å². The highest BCUT2D eigenvalue weighted by Gasteiger charge is 2.12. The van der Waals surface area contributed by atoms with E-state index in [1.54, 1.807) is 0 Å². The van der Waals surface area contributed by atoms with Gasteiger partial charge in [0.05, 0.1) is 11.3 Å². The summed E-state index contributed by atoms with van der Waals surface area (Å²) in [6, 6.07) is 4.01. The van der Waals surface area contributed by atoms with Crippen molar-refractivity contribution in [1.29, 1.82) is 0 Å². The Hall–Kier alpha value is -1.16. The zero-order valence-electron chi connectivity index (χ0n) is 8.73. The number of hydrogen-bond donors (Lipinski definition) is 2. The van der Waals surface area contributed by atoms with Crippen molar-refractivity contribution in [1.82, 2.24) is 0 Å². The third-order valence-corrected chi connectivity index (χ3v) is 2.93. The predicted molar refractivity (Wildman–Crippen MR) is 61.7 cm³/mol. The molecule has 1 rings (SSSR count). The van der Waals surface area contributed by atoms with E-state index in [9.17, 15) is 9.90 Å². The molecular weight excluding hydrogens is 212 g/mol. The number of thioether (sulfide) groups is 1. The van der Waals surface area contributed by atoms with E-state index in [0.717, 1.165) is 0 Å². The molecule has 15 heavy (non-hydrogen) atoms. The van der Waals surface area contributed by atoms with Crippen molar-refractivity contribution in [2.45, 2.75) is 19.1 Å². The molecule has 0 amide bonds.